The molecule has 1 aliphatic heterocycles. The molecular formula is C26H27F6N5O3. The predicted molar refractivity (Wildman–Crippen MR) is 131 cm³/mol. The number of aromatic nitrogens is 3. The first-order valence-electron chi connectivity index (χ1n) is 12.3. The molecule has 0 unspecified atom stereocenters. The zero-order valence-electron chi connectivity index (χ0n) is 21.5. The standard InChI is InChI=1S/C26H27F6N5O3/c1-16(17-10-19(25(27,28)29)12-20(11-17)26(30,31)32)40-14-23(18-6-4-3-5-7-18)8-9-24(13-34-23,21(38)33-2)37-15-35-36-22(37)39/h3-7,10-12,15-16,34H,8-9,13-14H2,1-2H3,(H,33,38)(H,36,39)/t16-,23-,24+/m1/s1. The fraction of sp³-hybridized carbons (Fsp3) is 0.423. The van der Waals surface area contributed by atoms with Crippen molar-refractivity contribution in [2.75, 3.05) is 20.2 Å². The molecule has 0 spiro atoms. The van der Waals surface area contributed by atoms with E-state index >= 15 is 0 Å². The number of H-pyrrole nitrogens is 1. The summed E-state index contributed by atoms with van der Waals surface area (Å²) in [5, 5.41) is 11.9. The smallest absolute Gasteiger partial charge is 0.372 e. The van der Waals surface area contributed by atoms with Gasteiger partial charge in [-0.15, -0.1) is 0 Å². The van der Waals surface area contributed by atoms with Crippen LogP contribution < -0.4 is 16.3 Å². The Bertz CT molecular complexity index is 1360. The molecule has 3 N–H and O–H groups in total. The zero-order chi connectivity index (χ0) is 29.3. The molecule has 0 bridgehead atoms. The second-order valence-electron chi connectivity index (χ2n) is 9.74. The molecule has 3 atom stereocenters. The average molecular weight is 572 g/mol. The number of amides is 1. The van der Waals surface area contributed by atoms with E-state index in [-0.39, 0.29) is 37.6 Å². The number of ether oxygens (including phenoxy) is 1. The number of aromatic amines is 1. The molecule has 0 aliphatic carbocycles. The average Bonchev–Trinajstić information content (AvgIpc) is 3.37. The Morgan fingerprint density at radius 1 is 1.07 bits per heavy atom. The van der Waals surface area contributed by atoms with Crippen molar-refractivity contribution in [1.82, 2.24) is 25.4 Å². The van der Waals surface area contributed by atoms with Crippen molar-refractivity contribution in [2.45, 2.75) is 49.3 Å². The Morgan fingerprint density at radius 3 is 2.17 bits per heavy atom. The van der Waals surface area contributed by atoms with Gasteiger partial charge in [-0.25, -0.2) is 9.89 Å². The van der Waals surface area contributed by atoms with Crippen molar-refractivity contribution < 1.29 is 35.9 Å². The number of nitrogens with zero attached hydrogens (tertiary/aromatic N) is 2. The fourth-order valence-corrected chi connectivity index (χ4v) is 4.99. The van der Waals surface area contributed by atoms with Crippen LogP contribution in [0.4, 0.5) is 26.3 Å². The van der Waals surface area contributed by atoms with E-state index in [9.17, 15) is 35.9 Å². The van der Waals surface area contributed by atoms with Crippen LogP contribution >= 0.6 is 0 Å². The molecule has 2 heterocycles. The number of piperidine rings is 1. The van der Waals surface area contributed by atoms with Gasteiger partial charge in [0.25, 0.3) is 0 Å². The van der Waals surface area contributed by atoms with Crippen LogP contribution in [0.5, 0.6) is 0 Å². The summed E-state index contributed by atoms with van der Waals surface area (Å²) < 4.78 is 87.5. The maximum absolute atomic E-state index is 13.4. The molecule has 0 saturated carbocycles. The molecule has 216 valence electrons. The molecule has 14 heteroatoms. The van der Waals surface area contributed by atoms with E-state index in [0.717, 1.165) is 5.56 Å². The quantitative estimate of drug-likeness (QED) is 0.371. The third-order valence-electron chi connectivity index (χ3n) is 7.33. The first-order valence-corrected chi connectivity index (χ1v) is 12.3. The Hall–Kier alpha value is -3.65. The van der Waals surface area contributed by atoms with Crippen molar-refractivity contribution in [3.05, 3.63) is 87.6 Å². The predicted octanol–water partition coefficient (Wildman–Crippen LogP) is 4.11. The summed E-state index contributed by atoms with van der Waals surface area (Å²) in [5.74, 6) is -0.442. The van der Waals surface area contributed by atoms with Crippen LogP contribution in [0.2, 0.25) is 0 Å². The van der Waals surface area contributed by atoms with Crippen molar-refractivity contribution in [1.29, 1.82) is 0 Å². The van der Waals surface area contributed by atoms with Gasteiger partial charge < -0.3 is 15.4 Å². The van der Waals surface area contributed by atoms with Gasteiger partial charge in [0.05, 0.1) is 29.4 Å². The summed E-state index contributed by atoms with van der Waals surface area (Å²) in [5.41, 5.74) is -5.32. The number of hydrogen-bond acceptors (Lipinski definition) is 5. The summed E-state index contributed by atoms with van der Waals surface area (Å²) in [6, 6.07) is 10.3. The van der Waals surface area contributed by atoms with Gasteiger partial charge in [-0.2, -0.15) is 31.4 Å². The number of nitrogens with one attached hydrogen (secondary N) is 3. The van der Waals surface area contributed by atoms with Gasteiger partial charge in [0.1, 0.15) is 11.9 Å². The number of rotatable bonds is 7. The molecule has 1 fully saturated rings. The van der Waals surface area contributed by atoms with Gasteiger partial charge in [-0.1, -0.05) is 30.3 Å². The van der Waals surface area contributed by atoms with Crippen LogP contribution in [0, 0.1) is 0 Å². The summed E-state index contributed by atoms with van der Waals surface area (Å²) in [6.45, 7) is 1.18. The molecule has 8 nitrogen and oxygen atoms in total. The number of alkyl halides is 6. The van der Waals surface area contributed by atoms with Gasteiger partial charge >= 0.3 is 18.0 Å². The highest BCUT2D eigenvalue weighted by Crippen LogP contribution is 2.40. The van der Waals surface area contributed by atoms with E-state index in [2.05, 4.69) is 20.8 Å². The molecule has 1 aliphatic rings. The lowest BCUT2D eigenvalue weighted by Gasteiger charge is -2.46. The highest BCUT2D eigenvalue weighted by atomic mass is 19.4. The van der Waals surface area contributed by atoms with E-state index in [1.807, 2.05) is 0 Å². The molecule has 3 aromatic rings. The number of halogens is 6. The minimum absolute atomic E-state index is 0.0411. The highest BCUT2D eigenvalue weighted by molar-refractivity contribution is 5.84. The molecule has 2 aromatic carbocycles. The van der Waals surface area contributed by atoms with Crippen LogP contribution in [0.1, 0.15) is 48.1 Å². The van der Waals surface area contributed by atoms with E-state index in [1.54, 1.807) is 30.3 Å². The lowest BCUT2D eigenvalue weighted by molar-refractivity contribution is -0.143. The molecular weight excluding hydrogens is 544 g/mol. The van der Waals surface area contributed by atoms with Crippen LogP contribution in [0.3, 0.4) is 0 Å². The SMILES string of the molecule is CNC(=O)[C@]1(n2cn[nH]c2=O)CC[C@@](CO[C@H](C)c2cc(C(F)(F)F)cc(C(F)(F)F)c2)(c2ccccc2)NC1. The molecule has 1 amide bonds. The molecule has 0 radical (unpaired) electrons. The lowest BCUT2D eigenvalue weighted by Crippen LogP contribution is -2.64. The molecule has 1 aromatic heterocycles. The second kappa shape index (κ2) is 10.7. The Labute approximate surface area is 224 Å². The summed E-state index contributed by atoms with van der Waals surface area (Å²) in [4.78, 5) is 25.4. The number of benzene rings is 2. The van der Waals surface area contributed by atoms with Gasteiger partial charge in [0.2, 0.25) is 5.91 Å². The van der Waals surface area contributed by atoms with Crippen molar-refractivity contribution >= 4 is 5.91 Å². The third-order valence-corrected chi connectivity index (χ3v) is 7.33. The topological polar surface area (TPSA) is 101 Å². The first-order chi connectivity index (χ1) is 18.7. The van der Waals surface area contributed by atoms with Crippen LogP contribution in [0.25, 0.3) is 0 Å². The van der Waals surface area contributed by atoms with E-state index in [1.165, 1.54) is 24.9 Å². The summed E-state index contributed by atoms with van der Waals surface area (Å²) in [6.07, 6.45) is -9.52. The largest absolute Gasteiger partial charge is 0.416 e. The van der Waals surface area contributed by atoms with Crippen LogP contribution in [0.15, 0.2) is 59.7 Å². The fourth-order valence-electron chi connectivity index (χ4n) is 4.99. The lowest BCUT2D eigenvalue weighted by atomic mass is 9.75. The van der Waals surface area contributed by atoms with E-state index in [0.29, 0.717) is 12.1 Å². The van der Waals surface area contributed by atoms with Crippen LogP contribution in [-0.2, 0) is 33.0 Å². The normalized spacial score (nSPS) is 22.6. The minimum atomic E-state index is -4.99. The van der Waals surface area contributed by atoms with Crippen molar-refractivity contribution in [2.24, 2.45) is 0 Å². The maximum atomic E-state index is 13.4. The molecule has 4 rings (SSSR count). The monoisotopic (exact) mass is 571 g/mol. The Morgan fingerprint density at radius 2 is 1.70 bits per heavy atom. The number of carbonyl (C=O) groups excluding carboxylic acids is 1. The summed E-state index contributed by atoms with van der Waals surface area (Å²) >= 11 is 0. The first kappa shape index (κ1) is 29.3. The van der Waals surface area contributed by atoms with Gasteiger partial charge in [0, 0.05) is 13.6 Å². The van der Waals surface area contributed by atoms with Crippen molar-refractivity contribution in [3.8, 4) is 0 Å². The van der Waals surface area contributed by atoms with Gasteiger partial charge in [-0.3, -0.25) is 9.36 Å². The van der Waals surface area contributed by atoms with E-state index in [4.69, 9.17) is 4.74 Å². The molecule has 1 saturated heterocycles. The third kappa shape index (κ3) is 5.63. The number of hydrogen-bond donors (Lipinski definition) is 3. The zero-order valence-corrected chi connectivity index (χ0v) is 21.5. The Kier molecular flexibility index (Phi) is 7.87. The maximum Gasteiger partial charge on any atom is 0.416 e. The van der Waals surface area contributed by atoms with Gasteiger partial charge in [0.15, 0.2) is 0 Å². The van der Waals surface area contributed by atoms with Crippen molar-refractivity contribution in [3.63, 3.8) is 0 Å². The number of carbonyl (C=O) groups is 1. The number of likely N-dealkylation sites (N-methyl/N-ethyl adjacent to an activating group) is 1. The highest BCUT2D eigenvalue weighted by Gasteiger charge is 2.50. The minimum Gasteiger partial charge on any atom is -0.372 e. The van der Waals surface area contributed by atoms with Gasteiger partial charge in [-0.05, 0) is 49.1 Å². The van der Waals surface area contributed by atoms with Crippen LogP contribution in [-0.4, -0.2) is 40.9 Å². The van der Waals surface area contributed by atoms with E-state index < -0.39 is 52.3 Å². The summed E-state index contributed by atoms with van der Waals surface area (Å²) in [7, 11) is 1.43. The Balaban J connectivity index is 1.65. The molecule has 40 heavy (non-hydrogen) atoms. The second-order valence-corrected chi connectivity index (χ2v) is 9.74.